The van der Waals surface area contributed by atoms with Crippen molar-refractivity contribution in [1.82, 2.24) is 14.9 Å². The molecule has 3 N–H and O–H groups in total. The normalized spacial score (nSPS) is 17.1. The van der Waals surface area contributed by atoms with E-state index in [1.165, 1.54) is 6.33 Å². The minimum absolute atomic E-state index is 0.00369. The van der Waals surface area contributed by atoms with E-state index < -0.39 is 0 Å². The Balaban J connectivity index is 2.30. The van der Waals surface area contributed by atoms with Crippen LogP contribution in [0.15, 0.2) is 11.1 Å². The van der Waals surface area contributed by atoms with Gasteiger partial charge in [0.25, 0.3) is 5.56 Å². The van der Waals surface area contributed by atoms with E-state index in [1.54, 1.807) is 16.8 Å². The van der Waals surface area contributed by atoms with Crippen molar-refractivity contribution < 1.29 is 4.79 Å². The molecule has 0 atom stereocenters. The van der Waals surface area contributed by atoms with Crippen LogP contribution in [0, 0.1) is 0 Å². The molecule has 1 fully saturated rings. The predicted octanol–water partition coefficient (Wildman–Crippen LogP) is -0.979. The van der Waals surface area contributed by atoms with E-state index >= 15 is 0 Å². The van der Waals surface area contributed by atoms with Gasteiger partial charge in [-0.05, 0) is 6.42 Å². The Morgan fingerprint density at radius 2 is 2.18 bits per heavy atom. The lowest BCUT2D eigenvalue weighted by atomic mass is 10.3. The molecule has 7 heteroatoms. The van der Waals surface area contributed by atoms with Crippen molar-refractivity contribution >= 4 is 17.4 Å². The van der Waals surface area contributed by atoms with Gasteiger partial charge in [0.1, 0.15) is 5.69 Å². The number of hydrogen-bond acceptors (Lipinski definition) is 5. The molecule has 7 nitrogen and oxygen atoms in total. The zero-order valence-corrected chi connectivity index (χ0v) is 9.64. The maximum Gasteiger partial charge on any atom is 0.276 e. The molecule has 1 aromatic rings. The largest absolute Gasteiger partial charge is 0.391 e. The molecule has 17 heavy (non-hydrogen) atoms. The molecule has 0 aliphatic carbocycles. The Kier molecular flexibility index (Phi) is 2.99. The molecule has 0 radical (unpaired) electrons. The van der Waals surface area contributed by atoms with Gasteiger partial charge in [0.05, 0.1) is 12.9 Å². The van der Waals surface area contributed by atoms with E-state index in [4.69, 9.17) is 5.73 Å². The van der Waals surface area contributed by atoms with Gasteiger partial charge < -0.3 is 20.5 Å². The minimum Gasteiger partial charge on any atom is -0.391 e. The van der Waals surface area contributed by atoms with Gasteiger partial charge in [-0.15, -0.1) is 0 Å². The van der Waals surface area contributed by atoms with Gasteiger partial charge in [-0.3, -0.25) is 9.59 Å². The third-order valence-corrected chi connectivity index (χ3v) is 2.84. The lowest BCUT2D eigenvalue weighted by Gasteiger charge is -2.21. The summed E-state index contributed by atoms with van der Waals surface area (Å²) in [7, 11) is 1.76. The fraction of sp³-hybridized carbons (Fsp3) is 0.500. The molecule has 0 bridgehead atoms. The molecule has 1 saturated heterocycles. The first-order valence-electron chi connectivity index (χ1n) is 5.41. The van der Waals surface area contributed by atoms with Crippen LogP contribution >= 0.6 is 0 Å². The first-order valence-corrected chi connectivity index (χ1v) is 5.41. The molecular weight excluding hydrogens is 222 g/mol. The maximum atomic E-state index is 11.7. The van der Waals surface area contributed by atoms with E-state index in [9.17, 15) is 9.59 Å². The summed E-state index contributed by atoms with van der Waals surface area (Å²) in [6.07, 6.45) is 2.13. The molecular formula is C10H15N5O2. The highest BCUT2D eigenvalue weighted by Gasteiger charge is 2.22. The standard InChI is InChI=1S/C10H15N5O2/c1-14-3-2-4-15(5-7(14)16)9-8(11)10(17)13-6-12-9/h6H,2-5,11H2,1H3,(H,12,13,17). The quantitative estimate of drug-likeness (QED) is 0.654. The number of nitrogen functional groups attached to an aromatic ring is 1. The van der Waals surface area contributed by atoms with Crippen LogP contribution in [0.4, 0.5) is 11.5 Å². The van der Waals surface area contributed by atoms with Crippen LogP contribution < -0.4 is 16.2 Å². The number of H-pyrrole nitrogens is 1. The smallest absolute Gasteiger partial charge is 0.276 e. The third-order valence-electron chi connectivity index (χ3n) is 2.84. The highest BCUT2D eigenvalue weighted by Crippen LogP contribution is 2.17. The number of amides is 1. The number of carbonyl (C=O) groups is 1. The van der Waals surface area contributed by atoms with E-state index in [-0.39, 0.29) is 23.7 Å². The number of carbonyl (C=O) groups excluding carboxylic acids is 1. The van der Waals surface area contributed by atoms with Gasteiger partial charge in [0.15, 0.2) is 5.82 Å². The van der Waals surface area contributed by atoms with Crippen LogP contribution in [0.25, 0.3) is 0 Å². The number of nitrogens with one attached hydrogen (secondary N) is 1. The van der Waals surface area contributed by atoms with Crippen LogP contribution in [0.1, 0.15) is 6.42 Å². The summed E-state index contributed by atoms with van der Waals surface area (Å²) < 4.78 is 0. The average Bonchev–Trinajstić information content (AvgIpc) is 2.46. The Hall–Kier alpha value is -2.05. The summed E-state index contributed by atoms with van der Waals surface area (Å²) in [6, 6.07) is 0. The van der Waals surface area contributed by atoms with Crippen molar-refractivity contribution in [3.05, 3.63) is 16.7 Å². The highest BCUT2D eigenvalue weighted by molar-refractivity contribution is 5.82. The molecule has 1 amide bonds. The van der Waals surface area contributed by atoms with Crippen molar-refractivity contribution in [1.29, 1.82) is 0 Å². The fourth-order valence-electron chi connectivity index (χ4n) is 1.82. The summed E-state index contributed by atoms with van der Waals surface area (Å²) in [5.41, 5.74) is 5.36. The Morgan fingerprint density at radius 1 is 1.41 bits per heavy atom. The second kappa shape index (κ2) is 4.44. The van der Waals surface area contributed by atoms with Crippen LogP contribution in [0.2, 0.25) is 0 Å². The number of aromatic nitrogens is 2. The topological polar surface area (TPSA) is 95.3 Å². The molecule has 0 unspecified atom stereocenters. The first kappa shape index (κ1) is 11.4. The van der Waals surface area contributed by atoms with Crippen molar-refractivity contribution in [2.24, 2.45) is 0 Å². The number of nitrogens with two attached hydrogens (primary N) is 1. The van der Waals surface area contributed by atoms with Crippen molar-refractivity contribution in [2.75, 3.05) is 37.3 Å². The molecule has 0 saturated carbocycles. The van der Waals surface area contributed by atoms with E-state index in [0.717, 1.165) is 6.42 Å². The van der Waals surface area contributed by atoms with Gasteiger partial charge in [0, 0.05) is 20.1 Å². The number of nitrogens with zero attached hydrogens (tertiary/aromatic N) is 3. The second-order valence-corrected chi connectivity index (χ2v) is 4.06. The summed E-state index contributed by atoms with van der Waals surface area (Å²) in [4.78, 5) is 33.0. The van der Waals surface area contributed by atoms with Gasteiger partial charge in [-0.25, -0.2) is 4.98 Å². The third kappa shape index (κ3) is 2.22. The Labute approximate surface area is 98.2 Å². The summed E-state index contributed by atoms with van der Waals surface area (Å²) in [5.74, 6) is 0.390. The zero-order valence-electron chi connectivity index (χ0n) is 9.64. The number of rotatable bonds is 1. The lowest BCUT2D eigenvalue weighted by molar-refractivity contribution is -0.127. The van der Waals surface area contributed by atoms with E-state index in [0.29, 0.717) is 18.9 Å². The fourth-order valence-corrected chi connectivity index (χ4v) is 1.82. The molecule has 1 aliphatic rings. The van der Waals surface area contributed by atoms with Crippen LogP contribution in [0.3, 0.4) is 0 Å². The zero-order chi connectivity index (χ0) is 12.4. The van der Waals surface area contributed by atoms with Gasteiger partial charge >= 0.3 is 0 Å². The lowest BCUT2D eigenvalue weighted by Crippen LogP contribution is -2.36. The van der Waals surface area contributed by atoms with E-state index in [1.807, 2.05) is 0 Å². The van der Waals surface area contributed by atoms with Crippen LogP contribution in [-0.2, 0) is 4.79 Å². The van der Waals surface area contributed by atoms with Crippen LogP contribution in [0.5, 0.6) is 0 Å². The van der Waals surface area contributed by atoms with Crippen molar-refractivity contribution in [3.63, 3.8) is 0 Å². The number of likely N-dealkylation sites (N-methyl/N-ethyl adjacent to an activating group) is 1. The molecule has 0 aromatic carbocycles. The molecule has 1 aromatic heterocycles. The highest BCUT2D eigenvalue weighted by atomic mass is 16.2. The van der Waals surface area contributed by atoms with Crippen molar-refractivity contribution in [2.45, 2.75) is 6.42 Å². The molecule has 1 aliphatic heterocycles. The monoisotopic (exact) mass is 237 g/mol. The second-order valence-electron chi connectivity index (χ2n) is 4.06. The SMILES string of the molecule is CN1CCCN(c2nc[nH]c(=O)c2N)CC1=O. The van der Waals surface area contributed by atoms with Gasteiger partial charge in [0.2, 0.25) is 5.91 Å². The molecule has 0 spiro atoms. The maximum absolute atomic E-state index is 11.7. The number of hydrogen-bond donors (Lipinski definition) is 2. The summed E-state index contributed by atoms with van der Waals surface area (Å²) >= 11 is 0. The average molecular weight is 237 g/mol. The molecule has 2 heterocycles. The van der Waals surface area contributed by atoms with Gasteiger partial charge in [-0.2, -0.15) is 0 Å². The number of aromatic amines is 1. The van der Waals surface area contributed by atoms with E-state index in [2.05, 4.69) is 9.97 Å². The molecule has 2 rings (SSSR count). The first-order chi connectivity index (χ1) is 8.09. The Bertz CT molecular complexity index is 484. The molecule has 92 valence electrons. The summed E-state index contributed by atoms with van der Waals surface area (Å²) in [6.45, 7) is 1.58. The predicted molar refractivity (Wildman–Crippen MR) is 63.7 cm³/mol. The van der Waals surface area contributed by atoms with Crippen LogP contribution in [-0.4, -0.2) is 47.5 Å². The Morgan fingerprint density at radius 3 is 2.94 bits per heavy atom. The number of anilines is 2. The van der Waals surface area contributed by atoms with Gasteiger partial charge in [-0.1, -0.05) is 0 Å². The van der Waals surface area contributed by atoms with Crippen molar-refractivity contribution in [3.8, 4) is 0 Å². The summed E-state index contributed by atoms with van der Waals surface area (Å²) in [5, 5.41) is 0. The minimum atomic E-state index is -0.375.